The Kier molecular flexibility index (Phi) is 5.89. The van der Waals surface area contributed by atoms with Gasteiger partial charge in [-0.15, -0.1) is 0 Å². The number of hydrogen-bond acceptors (Lipinski definition) is 3. The molecule has 1 rings (SSSR count). The van der Waals surface area contributed by atoms with Gasteiger partial charge in [0.1, 0.15) is 0 Å². The predicted molar refractivity (Wildman–Crippen MR) is 69.3 cm³/mol. The van der Waals surface area contributed by atoms with Crippen LogP contribution < -0.4 is 0 Å². The lowest BCUT2D eigenvalue weighted by molar-refractivity contribution is 0.147. The van der Waals surface area contributed by atoms with Crippen molar-refractivity contribution in [1.82, 2.24) is 4.31 Å². The van der Waals surface area contributed by atoms with Crippen LogP contribution in [0.15, 0.2) is 0 Å². The highest BCUT2D eigenvalue weighted by Crippen LogP contribution is 2.23. The van der Waals surface area contributed by atoms with Crippen molar-refractivity contribution in [2.24, 2.45) is 0 Å². The van der Waals surface area contributed by atoms with Gasteiger partial charge in [-0.25, -0.2) is 8.42 Å². The van der Waals surface area contributed by atoms with Crippen molar-refractivity contribution in [2.75, 3.05) is 12.3 Å². The van der Waals surface area contributed by atoms with Gasteiger partial charge < -0.3 is 5.11 Å². The lowest BCUT2D eigenvalue weighted by atomic mass is 10.1. The zero-order valence-corrected chi connectivity index (χ0v) is 11.7. The number of nitrogens with zero attached hydrogens (tertiary/aromatic N) is 1. The van der Waals surface area contributed by atoms with Crippen LogP contribution in [0.2, 0.25) is 0 Å². The Morgan fingerprint density at radius 3 is 2.65 bits per heavy atom. The third kappa shape index (κ3) is 4.56. The highest BCUT2D eigenvalue weighted by atomic mass is 32.2. The monoisotopic (exact) mass is 263 g/mol. The first-order valence-electron chi connectivity index (χ1n) is 6.65. The maximum Gasteiger partial charge on any atom is 0.214 e. The van der Waals surface area contributed by atoms with E-state index >= 15 is 0 Å². The Labute approximate surface area is 105 Å². The number of hydrogen-bond donors (Lipinski definition) is 1. The molecule has 2 atom stereocenters. The molecule has 0 aromatic rings. The van der Waals surface area contributed by atoms with Crippen molar-refractivity contribution in [1.29, 1.82) is 0 Å². The fourth-order valence-corrected chi connectivity index (χ4v) is 4.32. The fourth-order valence-electron chi connectivity index (χ4n) is 2.52. The van der Waals surface area contributed by atoms with E-state index in [1.807, 2.05) is 6.92 Å². The minimum Gasteiger partial charge on any atom is -0.393 e. The first-order valence-corrected chi connectivity index (χ1v) is 8.26. The molecule has 0 saturated carbocycles. The average molecular weight is 263 g/mol. The van der Waals surface area contributed by atoms with Crippen LogP contribution in [-0.2, 0) is 10.0 Å². The van der Waals surface area contributed by atoms with Crippen LogP contribution in [0.4, 0.5) is 0 Å². The molecule has 0 bridgehead atoms. The molecule has 1 fully saturated rings. The summed E-state index contributed by atoms with van der Waals surface area (Å²) in [5.41, 5.74) is 0. The first kappa shape index (κ1) is 14.9. The minimum atomic E-state index is -3.13. The Morgan fingerprint density at radius 1 is 1.35 bits per heavy atom. The quantitative estimate of drug-likeness (QED) is 0.822. The standard InChI is InChI=1S/C12H25NO3S/c1-3-9-17(15,16)13-8-6-4-5-7-12(13)10-11(2)14/h11-12,14H,3-10H2,1-2H3. The zero-order chi connectivity index (χ0) is 12.9. The average Bonchev–Trinajstić information content (AvgIpc) is 2.42. The molecule has 102 valence electrons. The third-order valence-corrected chi connectivity index (χ3v) is 5.38. The summed E-state index contributed by atoms with van der Waals surface area (Å²) in [4.78, 5) is 0. The molecule has 1 N–H and O–H groups in total. The zero-order valence-electron chi connectivity index (χ0n) is 10.9. The summed E-state index contributed by atoms with van der Waals surface area (Å²) >= 11 is 0. The van der Waals surface area contributed by atoms with Gasteiger partial charge in [0.05, 0.1) is 11.9 Å². The van der Waals surface area contributed by atoms with E-state index in [-0.39, 0.29) is 11.8 Å². The topological polar surface area (TPSA) is 57.6 Å². The maximum absolute atomic E-state index is 12.2. The number of rotatable bonds is 5. The third-order valence-electron chi connectivity index (χ3n) is 3.26. The molecule has 1 aliphatic rings. The Hall–Kier alpha value is -0.130. The summed E-state index contributed by atoms with van der Waals surface area (Å²) in [6.45, 7) is 4.24. The largest absolute Gasteiger partial charge is 0.393 e. The van der Waals surface area contributed by atoms with Gasteiger partial charge in [-0.2, -0.15) is 4.31 Å². The second-order valence-electron chi connectivity index (χ2n) is 5.01. The summed E-state index contributed by atoms with van der Waals surface area (Å²) in [6, 6.07) is -0.00551. The summed E-state index contributed by atoms with van der Waals surface area (Å²) in [5.74, 6) is 0.226. The summed E-state index contributed by atoms with van der Waals surface area (Å²) in [7, 11) is -3.13. The van der Waals surface area contributed by atoms with Gasteiger partial charge in [-0.3, -0.25) is 0 Å². The molecule has 2 unspecified atom stereocenters. The molecule has 0 aliphatic carbocycles. The highest BCUT2D eigenvalue weighted by molar-refractivity contribution is 7.89. The molecule has 17 heavy (non-hydrogen) atoms. The van der Waals surface area contributed by atoms with Gasteiger partial charge in [0.25, 0.3) is 0 Å². The van der Waals surface area contributed by atoms with E-state index in [1.165, 1.54) is 0 Å². The molecular weight excluding hydrogens is 238 g/mol. The highest BCUT2D eigenvalue weighted by Gasteiger charge is 2.30. The van der Waals surface area contributed by atoms with Crippen molar-refractivity contribution in [3.63, 3.8) is 0 Å². The van der Waals surface area contributed by atoms with Crippen molar-refractivity contribution >= 4 is 10.0 Å². The van der Waals surface area contributed by atoms with Gasteiger partial charge >= 0.3 is 0 Å². The fraction of sp³-hybridized carbons (Fsp3) is 1.00. The van der Waals surface area contributed by atoms with Gasteiger partial charge in [0.15, 0.2) is 0 Å². The van der Waals surface area contributed by atoms with Crippen molar-refractivity contribution in [2.45, 2.75) is 64.5 Å². The normalized spacial score (nSPS) is 25.5. The van der Waals surface area contributed by atoms with Crippen LogP contribution >= 0.6 is 0 Å². The predicted octanol–water partition coefficient (Wildman–Crippen LogP) is 1.74. The molecule has 0 amide bonds. The molecule has 0 spiro atoms. The molecule has 5 heteroatoms. The van der Waals surface area contributed by atoms with Crippen LogP contribution in [0, 0.1) is 0 Å². The van der Waals surface area contributed by atoms with E-state index in [4.69, 9.17) is 0 Å². The van der Waals surface area contributed by atoms with Crippen LogP contribution in [-0.4, -0.2) is 42.3 Å². The number of aliphatic hydroxyl groups is 1. The molecule has 1 saturated heterocycles. The van der Waals surface area contributed by atoms with Gasteiger partial charge in [-0.1, -0.05) is 19.8 Å². The molecule has 0 aromatic carbocycles. The number of aliphatic hydroxyl groups excluding tert-OH is 1. The van der Waals surface area contributed by atoms with Crippen molar-refractivity contribution < 1.29 is 13.5 Å². The molecule has 0 aromatic heterocycles. The van der Waals surface area contributed by atoms with Crippen LogP contribution in [0.3, 0.4) is 0 Å². The Morgan fingerprint density at radius 2 is 2.06 bits per heavy atom. The molecule has 1 heterocycles. The molecule has 0 radical (unpaired) electrons. The smallest absolute Gasteiger partial charge is 0.214 e. The summed E-state index contributed by atoms with van der Waals surface area (Å²) < 4.78 is 26.0. The SMILES string of the molecule is CCCS(=O)(=O)N1CCCCCC1CC(C)O. The summed E-state index contributed by atoms with van der Waals surface area (Å²) in [5, 5.41) is 9.49. The summed E-state index contributed by atoms with van der Waals surface area (Å²) in [6.07, 6.45) is 4.76. The maximum atomic E-state index is 12.2. The van der Waals surface area contributed by atoms with E-state index < -0.39 is 16.1 Å². The minimum absolute atomic E-state index is 0.00551. The van der Waals surface area contributed by atoms with Gasteiger partial charge in [0.2, 0.25) is 10.0 Å². The second-order valence-corrected chi connectivity index (χ2v) is 7.06. The Bertz CT molecular complexity index is 314. The van der Waals surface area contributed by atoms with E-state index in [0.717, 1.165) is 25.7 Å². The Balaban J connectivity index is 2.81. The van der Waals surface area contributed by atoms with Crippen LogP contribution in [0.25, 0.3) is 0 Å². The lowest BCUT2D eigenvalue weighted by Crippen LogP contribution is -2.42. The van der Waals surface area contributed by atoms with Gasteiger partial charge in [-0.05, 0) is 32.6 Å². The number of sulfonamides is 1. The lowest BCUT2D eigenvalue weighted by Gasteiger charge is -2.29. The van der Waals surface area contributed by atoms with E-state index in [2.05, 4.69) is 0 Å². The van der Waals surface area contributed by atoms with E-state index in [9.17, 15) is 13.5 Å². The molecule has 4 nitrogen and oxygen atoms in total. The van der Waals surface area contributed by atoms with Crippen LogP contribution in [0.5, 0.6) is 0 Å². The van der Waals surface area contributed by atoms with Crippen LogP contribution in [0.1, 0.15) is 52.4 Å². The van der Waals surface area contributed by atoms with Crippen molar-refractivity contribution in [3.05, 3.63) is 0 Å². The molecular formula is C12H25NO3S. The van der Waals surface area contributed by atoms with Gasteiger partial charge in [0, 0.05) is 12.6 Å². The van der Waals surface area contributed by atoms with E-state index in [0.29, 0.717) is 19.4 Å². The first-order chi connectivity index (χ1) is 7.97. The molecule has 1 aliphatic heterocycles. The van der Waals surface area contributed by atoms with E-state index in [1.54, 1.807) is 11.2 Å². The second kappa shape index (κ2) is 6.71. The van der Waals surface area contributed by atoms with Crippen molar-refractivity contribution in [3.8, 4) is 0 Å².